The quantitative estimate of drug-likeness (QED) is 0.352. The standard InChI is InChI=1S/C28H31Cl2N3O4S/c1-5-26(28(35)31-4)32(17-21-10-6-19(2)7-11-21)27(34)18-33(24-15-22(29)14-23(30)16-24)38(36,37)25-12-8-20(3)9-13-25/h6-16,26H,5,17-18H2,1-4H3,(H,31,35)/t26-/m0/s1. The fourth-order valence-corrected chi connectivity index (χ4v) is 5.94. The molecule has 2 amide bonds. The first-order chi connectivity index (χ1) is 18.0. The molecule has 202 valence electrons. The maximum Gasteiger partial charge on any atom is 0.264 e. The number of nitrogens with zero attached hydrogens (tertiary/aromatic N) is 2. The van der Waals surface area contributed by atoms with E-state index in [1.54, 1.807) is 19.1 Å². The van der Waals surface area contributed by atoms with E-state index in [-0.39, 0.29) is 33.1 Å². The molecule has 0 aromatic heterocycles. The number of carbonyl (C=O) groups is 2. The second kappa shape index (κ2) is 12.7. The van der Waals surface area contributed by atoms with Crippen molar-refractivity contribution in [3.63, 3.8) is 0 Å². The molecule has 3 rings (SSSR count). The van der Waals surface area contributed by atoms with E-state index in [9.17, 15) is 18.0 Å². The number of amides is 2. The van der Waals surface area contributed by atoms with Crippen LogP contribution >= 0.6 is 23.2 Å². The topological polar surface area (TPSA) is 86.8 Å². The van der Waals surface area contributed by atoms with Crippen LogP contribution in [0.25, 0.3) is 0 Å². The highest BCUT2D eigenvalue weighted by Gasteiger charge is 2.33. The van der Waals surface area contributed by atoms with Gasteiger partial charge in [-0.25, -0.2) is 8.42 Å². The van der Waals surface area contributed by atoms with Crippen molar-refractivity contribution in [2.45, 2.75) is 44.7 Å². The fourth-order valence-electron chi connectivity index (χ4n) is 4.03. The zero-order valence-electron chi connectivity index (χ0n) is 21.7. The first-order valence-corrected chi connectivity index (χ1v) is 14.3. The second-order valence-electron chi connectivity index (χ2n) is 9.00. The zero-order valence-corrected chi connectivity index (χ0v) is 24.1. The summed E-state index contributed by atoms with van der Waals surface area (Å²) >= 11 is 12.4. The largest absolute Gasteiger partial charge is 0.357 e. The van der Waals surface area contributed by atoms with Gasteiger partial charge in [0.25, 0.3) is 10.0 Å². The highest BCUT2D eigenvalue weighted by Crippen LogP contribution is 2.30. The maximum atomic E-state index is 13.9. The number of hydrogen-bond donors (Lipinski definition) is 1. The SMILES string of the molecule is CC[C@@H](C(=O)NC)N(Cc1ccc(C)cc1)C(=O)CN(c1cc(Cl)cc(Cl)c1)S(=O)(=O)c1ccc(C)cc1. The zero-order chi connectivity index (χ0) is 28.0. The molecule has 0 heterocycles. The van der Waals surface area contributed by atoms with E-state index in [4.69, 9.17) is 23.2 Å². The average molecular weight is 577 g/mol. The van der Waals surface area contributed by atoms with Crippen molar-refractivity contribution < 1.29 is 18.0 Å². The van der Waals surface area contributed by atoms with Crippen LogP contribution < -0.4 is 9.62 Å². The van der Waals surface area contributed by atoms with Crippen LogP contribution in [0.1, 0.15) is 30.0 Å². The average Bonchev–Trinajstić information content (AvgIpc) is 2.87. The van der Waals surface area contributed by atoms with Gasteiger partial charge in [0.15, 0.2) is 0 Å². The molecule has 0 radical (unpaired) electrons. The van der Waals surface area contributed by atoms with E-state index in [1.165, 1.54) is 42.3 Å². The third-order valence-electron chi connectivity index (χ3n) is 6.13. The van der Waals surface area contributed by atoms with E-state index in [0.29, 0.717) is 6.42 Å². The fraction of sp³-hybridized carbons (Fsp3) is 0.286. The van der Waals surface area contributed by atoms with Gasteiger partial charge in [-0.1, -0.05) is 77.7 Å². The first kappa shape index (κ1) is 29.5. The van der Waals surface area contributed by atoms with Gasteiger partial charge in [0, 0.05) is 23.6 Å². The Bertz CT molecular complexity index is 1370. The molecule has 0 fully saturated rings. The number of likely N-dealkylation sites (N-methyl/N-ethyl adjacent to an activating group) is 1. The van der Waals surface area contributed by atoms with Crippen molar-refractivity contribution in [3.8, 4) is 0 Å². The molecule has 7 nitrogen and oxygen atoms in total. The number of rotatable bonds is 10. The normalized spacial score (nSPS) is 12.1. The smallest absolute Gasteiger partial charge is 0.264 e. The summed E-state index contributed by atoms with van der Waals surface area (Å²) in [5.41, 5.74) is 2.89. The van der Waals surface area contributed by atoms with E-state index in [2.05, 4.69) is 5.32 Å². The first-order valence-electron chi connectivity index (χ1n) is 12.1. The van der Waals surface area contributed by atoms with Gasteiger partial charge in [-0.05, 0) is 56.2 Å². The molecule has 38 heavy (non-hydrogen) atoms. The van der Waals surface area contributed by atoms with Crippen LogP contribution in [0.3, 0.4) is 0 Å². The van der Waals surface area contributed by atoms with Crippen molar-refractivity contribution in [2.24, 2.45) is 0 Å². The number of anilines is 1. The summed E-state index contributed by atoms with van der Waals surface area (Å²) in [6.07, 6.45) is 0.338. The Hall–Kier alpha value is -3.07. The number of nitrogens with one attached hydrogen (secondary N) is 1. The van der Waals surface area contributed by atoms with Crippen molar-refractivity contribution >= 4 is 50.7 Å². The Kier molecular flexibility index (Phi) is 9.82. The molecule has 0 aliphatic rings. The highest BCUT2D eigenvalue weighted by molar-refractivity contribution is 7.92. The number of sulfonamides is 1. The van der Waals surface area contributed by atoms with Crippen molar-refractivity contribution in [1.82, 2.24) is 10.2 Å². The van der Waals surface area contributed by atoms with Gasteiger partial charge in [-0.3, -0.25) is 13.9 Å². The van der Waals surface area contributed by atoms with Gasteiger partial charge in [0.1, 0.15) is 12.6 Å². The minimum absolute atomic E-state index is 0.00965. The molecular weight excluding hydrogens is 545 g/mol. The van der Waals surface area contributed by atoms with Gasteiger partial charge in [-0.15, -0.1) is 0 Å². The van der Waals surface area contributed by atoms with E-state index >= 15 is 0 Å². The van der Waals surface area contributed by atoms with Crippen molar-refractivity contribution in [2.75, 3.05) is 17.9 Å². The van der Waals surface area contributed by atoms with Crippen molar-refractivity contribution in [3.05, 3.63) is 93.5 Å². The van der Waals surface area contributed by atoms with E-state index in [0.717, 1.165) is 21.0 Å². The Labute approximate surface area is 234 Å². The summed E-state index contributed by atoms with van der Waals surface area (Å²) < 4.78 is 28.7. The molecule has 3 aromatic carbocycles. The molecule has 0 bridgehead atoms. The predicted molar refractivity (Wildman–Crippen MR) is 152 cm³/mol. The lowest BCUT2D eigenvalue weighted by Crippen LogP contribution is -2.51. The number of hydrogen-bond acceptors (Lipinski definition) is 4. The summed E-state index contributed by atoms with van der Waals surface area (Å²) in [4.78, 5) is 28.1. The molecule has 0 unspecified atom stereocenters. The minimum Gasteiger partial charge on any atom is -0.357 e. The molecule has 1 N–H and O–H groups in total. The van der Waals surface area contributed by atoms with Crippen LogP contribution in [-0.2, 0) is 26.2 Å². The summed E-state index contributed by atoms with van der Waals surface area (Å²) in [5.74, 6) is -0.889. The second-order valence-corrected chi connectivity index (χ2v) is 11.7. The third kappa shape index (κ3) is 7.07. The predicted octanol–water partition coefficient (Wildman–Crippen LogP) is 5.36. The van der Waals surface area contributed by atoms with Crippen LogP contribution in [-0.4, -0.2) is 44.8 Å². The van der Waals surface area contributed by atoms with Crippen LogP contribution in [0.15, 0.2) is 71.6 Å². The Morgan fingerprint density at radius 1 is 0.895 bits per heavy atom. The molecular formula is C28H31Cl2N3O4S. The summed E-state index contributed by atoms with van der Waals surface area (Å²) in [7, 11) is -2.70. The van der Waals surface area contributed by atoms with Crippen LogP contribution in [0.2, 0.25) is 10.0 Å². The Balaban J connectivity index is 2.09. The molecule has 1 atom stereocenters. The number of benzene rings is 3. The van der Waals surface area contributed by atoms with Crippen LogP contribution in [0, 0.1) is 13.8 Å². The summed E-state index contributed by atoms with van der Waals surface area (Å²) in [6, 6.07) is 17.5. The van der Waals surface area contributed by atoms with Gasteiger partial charge in [0.05, 0.1) is 10.6 Å². The molecule has 0 spiro atoms. The molecule has 0 aliphatic carbocycles. The van der Waals surface area contributed by atoms with Crippen LogP contribution in [0.5, 0.6) is 0 Å². The molecule has 0 aliphatic heterocycles. The molecule has 0 saturated heterocycles. The summed E-state index contributed by atoms with van der Waals surface area (Å²) in [6.45, 7) is 5.16. The maximum absolute atomic E-state index is 13.9. The molecule has 0 saturated carbocycles. The lowest BCUT2D eigenvalue weighted by Gasteiger charge is -2.33. The lowest BCUT2D eigenvalue weighted by molar-refractivity contribution is -0.140. The van der Waals surface area contributed by atoms with Crippen molar-refractivity contribution in [1.29, 1.82) is 0 Å². The van der Waals surface area contributed by atoms with Crippen LogP contribution in [0.4, 0.5) is 5.69 Å². The van der Waals surface area contributed by atoms with Gasteiger partial charge in [0.2, 0.25) is 11.8 Å². The highest BCUT2D eigenvalue weighted by atomic mass is 35.5. The van der Waals surface area contributed by atoms with E-state index in [1.807, 2.05) is 38.1 Å². The number of aryl methyl sites for hydroxylation is 2. The Morgan fingerprint density at radius 3 is 1.92 bits per heavy atom. The minimum atomic E-state index is -4.20. The third-order valence-corrected chi connectivity index (χ3v) is 8.35. The van der Waals surface area contributed by atoms with Gasteiger partial charge < -0.3 is 10.2 Å². The molecule has 10 heteroatoms. The molecule has 3 aromatic rings. The number of halogens is 2. The lowest BCUT2D eigenvalue weighted by atomic mass is 10.1. The van der Waals surface area contributed by atoms with E-state index < -0.39 is 28.5 Å². The number of carbonyl (C=O) groups excluding carboxylic acids is 2. The van der Waals surface area contributed by atoms with Gasteiger partial charge in [-0.2, -0.15) is 0 Å². The monoisotopic (exact) mass is 575 g/mol. The van der Waals surface area contributed by atoms with Gasteiger partial charge >= 0.3 is 0 Å². The summed E-state index contributed by atoms with van der Waals surface area (Å²) in [5, 5.41) is 3.05. The Morgan fingerprint density at radius 2 is 1.42 bits per heavy atom.